The molecule has 0 spiro atoms. The summed E-state index contributed by atoms with van der Waals surface area (Å²) >= 11 is 0. The van der Waals surface area contributed by atoms with Crippen molar-refractivity contribution < 1.29 is 8.98 Å². The van der Waals surface area contributed by atoms with E-state index < -0.39 is 0 Å². The molecule has 0 saturated heterocycles. The Kier molecular flexibility index (Phi) is 5.06. The molecule has 2 aliphatic heterocycles. The Morgan fingerprint density at radius 3 is 2.54 bits per heavy atom. The first-order chi connectivity index (χ1) is 23.7. The molecule has 6 heterocycles. The van der Waals surface area contributed by atoms with E-state index in [1.807, 2.05) is 12.1 Å². The number of furan rings is 1. The van der Waals surface area contributed by atoms with Gasteiger partial charge in [0.25, 0.3) is 0 Å². The lowest BCUT2D eigenvalue weighted by Crippen LogP contribution is -2.48. The zero-order valence-electron chi connectivity index (χ0n) is 26.3. The molecule has 9 aromatic rings. The number of rotatable bonds is 1. The number of nitrogens with zero attached hydrogens (tertiary/aromatic N) is 3. The van der Waals surface area contributed by atoms with Crippen LogP contribution in [0.25, 0.3) is 71.3 Å². The number of fused-ring (bicyclic) bond motifs is 17. The molecular weight excluding hydrogens is 587 g/mol. The highest BCUT2D eigenvalue weighted by molar-refractivity contribution is 6.30. The largest absolute Gasteiger partial charge is 0.455 e. The number of para-hydroxylation sites is 2. The van der Waals surface area contributed by atoms with E-state index in [1.54, 1.807) is 0 Å². The van der Waals surface area contributed by atoms with Crippen molar-refractivity contribution in [1.29, 1.82) is 0 Å². The number of hydrogen-bond donors (Lipinski definition) is 0. The monoisotopic (exact) mass is 616 g/mol. The van der Waals surface area contributed by atoms with Gasteiger partial charge in [-0.15, -0.1) is 0 Å². The zero-order chi connectivity index (χ0) is 31.7. The van der Waals surface area contributed by atoms with Crippen molar-refractivity contribution in [3.8, 4) is 11.3 Å². The molecule has 2 atom stereocenters. The van der Waals surface area contributed by atoms with Crippen molar-refractivity contribution in [1.82, 2.24) is 4.40 Å². The summed E-state index contributed by atoms with van der Waals surface area (Å²) in [5, 5.41) is 7.17. The Morgan fingerprint density at radius 2 is 1.60 bits per heavy atom. The molecule has 0 N–H and O–H groups in total. The summed E-state index contributed by atoms with van der Waals surface area (Å²) in [5.74, 6) is 0.236. The molecule has 0 bridgehead atoms. The van der Waals surface area contributed by atoms with Crippen LogP contribution in [0.15, 0.2) is 150 Å². The van der Waals surface area contributed by atoms with E-state index in [2.05, 4.69) is 131 Å². The van der Waals surface area contributed by atoms with Crippen molar-refractivity contribution in [2.75, 3.05) is 0 Å². The van der Waals surface area contributed by atoms with Crippen molar-refractivity contribution in [2.45, 2.75) is 24.8 Å². The molecule has 226 valence electrons. The molecule has 0 amide bonds. The van der Waals surface area contributed by atoms with E-state index in [0.717, 1.165) is 51.8 Å². The summed E-state index contributed by atoms with van der Waals surface area (Å²) in [5.41, 5.74) is 13.6. The highest BCUT2D eigenvalue weighted by Gasteiger charge is 2.42. The average molecular weight is 617 g/mol. The molecular formula is C44H30N3O+. The number of benzene rings is 5. The predicted octanol–water partition coefficient (Wildman–Crippen LogP) is 10.5. The Labute approximate surface area is 276 Å². The second-order valence-corrected chi connectivity index (χ2v) is 13.4. The minimum absolute atomic E-state index is 0.0205. The van der Waals surface area contributed by atoms with Crippen LogP contribution in [0.3, 0.4) is 0 Å². The second kappa shape index (κ2) is 9.30. The summed E-state index contributed by atoms with van der Waals surface area (Å²) in [6, 6.07) is 39.6. The van der Waals surface area contributed by atoms with Gasteiger partial charge in [-0.2, -0.15) is 4.57 Å². The quantitative estimate of drug-likeness (QED) is 0.169. The fourth-order valence-corrected chi connectivity index (χ4v) is 9.08. The average Bonchev–Trinajstić information content (AvgIpc) is 3.79. The SMILES string of the molecule is C=CC1=NC(=C)C2C(CCc3cc4c(cc31)c1cccc3c5c6oc7ccccc7c6ccc5n4c13)c1ccccc1-c1cccc[n+]12. The van der Waals surface area contributed by atoms with Gasteiger partial charge in [0.2, 0.25) is 11.7 Å². The lowest BCUT2D eigenvalue weighted by molar-refractivity contribution is -0.709. The molecule has 0 fully saturated rings. The topological polar surface area (TPSA) is 33.8 Å². The first-order valence-electron chi connectivity index (χ1n) is 16.7. The van der Waals surface area contributed by atoms with Crippen LogP contribution in [0.1, 0.15) is 35.1 Å². The van der Waals surface area contributed by atoms with Gasteiger partial charge in [-0.25, -0.2) is 4.99 Å². The minimum atomic E-state index is 0.0205. The molecule has 11 rings (SSSR count). The van der Waals surface area contributed by atoms with Gasteiger partial charge < -0.3 is 8.82 Å². The van der Waals surface area contributed by atoms with E-state index in [-0.39, 0.29) is 12.0 Å². The number of aliphatic imine (C=N–C) groups is 1. The smallest absolute Gasteiger partial charge is 0.213 e. The van der Waals surface area contributed by atoms with Gasteiger partial charge in [0.1, 0.15) is 16.9 Å². The van der Waals surface area contributed by atoms with Crippen molar-refractivity contribution >= 4 is 65.7 Å². The summed E-state index contributed by atoms with van der Waals surface area (Å²) in [6.07, 6.45) is 5.98. The third kappa shape index (κ3) is 3.24. The fourth-order valence-electron chi connectivity index (χ4n) is 9.08. The maximum atomic E-state index is 6.57. The minimum Gasteiger partial charge on any atom is -0.455 e. The first-order valence-corrected chi connectivity index (χ1v) is 16.7. The standard InChI is InChI=1S/C44H30N3O/c1-3-36-34-24-35-30-14-10-15-33-41-38(21-20-32-29-13-6-7-17-40(29)48-44(32)41)47(43(30)33)39(35)23-26(34)18-19-31-27-11-4-5-12-28(27)37-16-8-9-22-46(37)42(31)25(2)45-36/h3-17,20-24,31,42H,1-2,18-19H2/q+1. The summed E-state index contributed by atoms with van der Waals surface area (Å²) in [4.78, 5) is 5.29. The third-order valence-electron chi connectivity index (χ3n) is 11.1. The van der Waals surface area contributed by atoms with Crippen LogP contribution in [-0.2, 0) is 6.42 Å². The highest BCUT2D eigenvalue weighted by Crippen LogP contribution is 2.47. The zero-order valence-corrected chi connectivity index (χ0v) is 26.3. The van der Waals surface area contributed by atoms with Gasteiger partial charge in [0, 0.05) is 50.2 Å². The molecule has 0 radical (unpaired) electrons. The van der Waals surface area contributed by atoms with E-state index in [9.17, 15) is 0 Å². The molecule has 4 heteroatoms. The van der Waals surface area contributed by atoms with Gasteiger partial charge in [0.15, 0.2) is 6.20 Å². The van der Waals surface area contributed by atoms with E-state index >= 15 is 0 Å². The number of hydrogen-bond acceptors (Lipinski definition) is 2. The van der Waals surface area contributed by atoms with Crippen LogP contribution in [0.2, 0.25) is 0 Å². The lowest BCUT2D eigenvalue weighted by Gasteiger charge is -2.30. The summed E-state index contributed by atoms with van der Waals surface area (Å²) in [6.45, 7) is 8.88. The Morgan fingerprint density at radius 1 is 0.771 bits per heavy atom. The third-order valence-corrected chi connectivity index (χ3v) is 11.1. The van der Waals surface area contributed by atoms with Crippen LogP contribution in [0.5, 0.6) is 0 Å². The molecule has 0 aliphatic carbocycles. The van der Waals surface area contributed by atoms with E-state index in [0.29, 0.717) is 0 Å². The van der Waals surface area contributed by atoms with Gasteiger partial charge in [-0.1, -0.05) is 67.8 Å². The van der Waals surface area contributed by atoms with Crippen LogP contribution < -0.4 is 4.57 Å². The maximum absolute atomic E-state index is 6.57. The highest BCUT2D eigenvalue weighted by atomic mass is 16.3. The molecule has 2 aliphatic rings. The van der Waals surface area contributed by atoms with Gasteiger partial charge in [0.05, 0.1) is 33.6 Å². The molecule has 48 heavy (non-hydrogen) atoms. The van der Waals surface area contributed by atoms with Crippen molar-refractivity contribution in [2.24, 2.45) is 4.99 Å². The number of allylic oxidation sites excluding steroid dienone is 2. The van der Waals surface area contributed by atoms with Crippen LogP contribution in [-0.4, -0.2) is 10.1 Å². The van der Waals surface area contributed by atoms with Gasteiger partial charge >= 0.3 is 0 Å². The molecule has 4 aromatic heterocycles. The summed E-state index contributed by atoms with van der Waals surface area (Å²) < 4.78 is 11.4. The molecule has 0 saturated carbocycles. The van der Waals surface area contributed by atoms with Gasteiger partial charge in [-0.05, 0) is 72.5 Å². The summed E-state index contributed by atoms with van der Waals surface area (Å²) in [7, 11) is 0. The first kappa shape index (κ1) is 26.1. The molecule has 2 unspecified atom stereocenters. The van der Waals surface area contributed by atoms with Crippen molar-refractivity contribution in [3.63, 3.8) is 0 Å². The van der Waals surface area contributed by atoms with Crippen molar-refractivity contribution in [3.05, 3.63) is 157 Å². The van der Waals surface area contributed by atoms with Crippen LogP contribution >= 0.6 is 0 Å². The Hall–Kier alpha value is -6.00. The number of aryl methyl sites for hydroxylation is 1. The fraction of sp³-hybridized carbons (Fsp3) is 0.0909. The predicted molar refractivity (Wildman–Crippen MR) is 196 cm³/mol. The Bertz CT molecular complexity index is 2900. The normalized spacial score (nSPS) is 17.7. The van der Waals surface area contributed by atoms with Crippen LogP contribution in [0.4, 0.5) is 0 Å². The van der Waals surface area contributed by atoms with Gasteiger partial charge in [-0.3, -0.25) is 0 Å². The second-order valence-electron chi connectivity index (χ2n) is 13.4. The van der Waals surface area contributed by atoms with E-state index in [4.69, 9.17) is 9.41 Å². The Balaban J connectivity index is 1.18. The van der Waals surface area contributed by atoms with E-state index in [1.165, 1.54) is 60.5 Å². The van der Waals surface area contributed by atoms with Crippen LogP contribution in [0, 0.1) is 0 Å². The molecule has 4 nitrogen and oxygen atoms in total. The number of pyridine rings is 1. The molecule has 5 aromatic carbocycles. The number of aromatic nitrogens is 2. The lowest BCUT2D eigenvalue weighted by atomic mass is 9.78. The maximum Gasteiger partial charge on any atom is 0.213 e.